The number of allylic oxidation sites excluding steroid dienone is 1. The number of esters is 1. The fourth-order valence-corrected chi connectivity index (χ4v) is 4.16. The van der Waals surface area contributed by atoms with Gasteiger partial charge in [-0.05, 0) is 50.3 Å². The van der Waals surface area contributed by atoms with E-state index in [0.717, 1.165) is 4.47 Å². The van der Waals surface area contributed by atoms with Gasteiger partial charge in [0.25, 0.3) is 5.91 Å². The molecular formula is C26H27BrN4O5S. The van der Waals surface area contributed by atoms with Crippen LogP contribution in [-0.4, -0.2) is 43.0 Å². The Hall–Kier alpha value is -3.70. The number of benzene rings is 2. The van der Waals surface area contributed by atoms with Gasteiger partial charge in [-0.15, -0.1) is 0 Å². The van der Waals surface area contributed by atoms with Crippen molar-refractivity contribution in [3.8, 4) is 11.5 Å². The van der Waals surface area contributed by atoms with Crippen molar-refractivity contribution < 1.29 is 23.8 Å². The molecule has 0 unspecified atom stereocenters. The van der Waals surface area contributed by atoms with Crippen LogP contribution in [0, 0.1) is 0 Å². The monoisotopic (exact) mass is 586 g/mol. The van der Waals surface area contributed by atoms with Gasteiger partial charge < -0.3 is 24.8 Å². The fourth-order valence-electron chi connectivity index (χ4n) is 3.51. The summed E-state index contributed by atoms with van der Waals surface area (Å²) in [6, 6.07) is 11.9. The second-order valence-corrected chi connectivity index (χ2v) is 9.02. The topological polar surface area (TPSA) is 110 Å². The fraction of sp³-hybridized carbons (Fsp3) is 0.231. The highest BCUT2D eigenvalue weighted by molar-refractivity contribution is 9.10. The molecule has 194 valence electrons. The molecular weight excluding hydrogens is 560 g/mol. The van der Waals surface area contributed by atoms with E-state index in [4.69, 9.17) is 26.4 Å². The minimum Gasteiger partial charge on any atom is -0.489 e. The predicted molar refractivity (Wildman–Crippen MR) is 148 cm³/mol. The standard InChI is InChI=1S/C26H27BrN4O5S/c1-4-12-35-20-11-10-18(27)13-17(20)14-28-31-22(32)15-36-21-9-7-6-8-19(21)24-23(25(33)34-5-2)16(3)29-26(37)30-24/h4,6-11,13-14,24H,1,5,12,15H2,2-3H3,(H,31,32)(H2,29,30,37)/t24-/m1/s1. The summed E-state index contributed by atoms with van der Waals surface area (Å²) in [4.78, 5) is 25.1. The van der Waals surface area contributed by atoms with Crippen molar-refractivity contribution in [3.63, 3.8) is 0 Å². The molecule has 0 saturated carbocycles. The van der Waals surface area contributed by atoms with Crippen LogP contribution in [0.4, 0.5) is 0 Å². The minimum atomic E-state index is -0.615. The zero-order chi connectivity index (χ0) is 26.8. The Morgan fingerprint density at radius 3 is 2.76 bits per heavy atom. The lowest BCUT2D eigenvalue weighted by atomic mass is 9.95. The lowest BCUT2D eigenvalue weighted by Crippen LogP contribution is -2.45. The summed E-state index contributed by atoms with van der Waals surface area (Å²) in [7, 11) is 0. The molecule has 37 heavy (non-hydrogen) atoms. The Balaban J connectivity index is 1.71. The molecule has 2 aromatic rings. The molecule has 0 spiro atoms. The molecule has 1 amide bonds. The van der Waals surface area contributed by atoms with Gasteiger partial charge in [0.1, 0.15) is 18.1 Å². The Labute approximate surface area is 229 Å². The van der Waals surface area contributed by atoms with Crippen LogP contribution in [0.2, 0.25) is 0 Å². The molecule has 1 aliphatic rings. The number of carbonyl (C=O) groups is 2. The molecule has 9 nitrogen and oxygen atoms in total. The molecule has 0 aliphatic carbocycles. The molecule has 3 N–H and O–H groups in total. The molecule has 0 aromatic heterocycles. The minimum absolute atomic E-state index is 0.230. The molecule has 0 fully saturated rings. The van der Waals surface area contributed by atoms with E-state index in [1.807, 2.05) is 12.1 Å². The van der Waals surface area contributed by atoms with Crippen molar-refractivity contribution >= 4 is 51.4 Å². The number of hydrazone groups is 1. The number of hydrogen-bond donors (Lipinski definition) is 3. The van der Waals surface area contributed by atoms with Crippen molar-refractivity contribution in [3.05, 3.63) is 82.0 Å². The van der Waals surface area contributed by atoms with Gasteiger partial charge in [-0.25, -0.2) is 10.2 Å². The summed E-state index contributed by atoms with van der Waals surface area (Å²) in [5, 5.41) is 10.4. The van der Waals surface area contributed by atoms with E-state index in [-0.39, 0.29) is 13.2 Å². The number of carbonyl (C=O) groups excluding carboxylic acids is 2. The Morgan fingerprint density at radius 2 is 2.00 bits per heavy atom. The summed E-state index contributed by atoms with van der Waals surface area (Å²) in [5.41, 5.74) is 4.70. The van der Waals surface area contributed by atoms with Gasteiger partial charge in [-0.2, -0.15) is 5.10 Å². The third-order valence-corrected chi connectivity index (χ3v) is 5.79. The molecule has 0 saturated heterocycles. The zero-order valence-electron chi connectivity index (χ0n) is 20.4. The van der Waals surface area contributed by atoms with Crippen LogP contribution < -0.4 is 25.5 Å². The van der Waals surface area contributed by atoms with Gasteiger partial charge in [0, 0.05) is 21.3 Å². The van der Waals surface area contributed by atoms with Crippen molar-refractivity contribution in [2.45, 2.75) is 19.9 Å². The smallest absolute Gasteiger partial charge is 0.338 e. The average molecular weight is 587 g/mol. The van der Waals surface area contributed by atoms with E-state index in [0.29, 0.717) is 45.6 Å². The van der Waals surface area contributed by atoms with Crippen molar-refractivity contribution in [2.24, 2.45) is 5.10 Å². The van der Waals surface area contributed by atoms with Crippen LogP contribution in [0.25, 0.3) is 0 Å². The van der Waals surface area contributed by atoms with Crippen molar-refractivity contribution in [2.75, 3.05) is 19.8 Å². The van der Waals surface area contributed by atoms with Crippen LogP contribution in [0.5, 0.6) is 11.5 Å². The second kappa shape index (κ2) is 13.6. The van der Waals surface area contributed by atoms with Crippen LogP contribution in [0.3, 0.4) is 0 Å². The quantitative estimate of drug-likeness (QED) is 0.119. The van der Waals surface area contributed by atoms with E-state index in [1.165, 1.54) is 6.21 Å². The summed E-state index contributed by atoms with van der Waals surface area (Å²) >= 11 is 8.71. The van der Waals surface area contributed by atoms with E-state index in [9.17, 15) is 9.59 Å². The number of hydrogen-bond acceptors (Lipinski definition) is 7. The number of nitrogens with zero attached hydrogens (tertiary/aromatic N) is 1. The second-order valence-electron chi connectivity index (χ2n) is 7.69. The molecule has 1 aliphatic heterocycles. The highest BCUT2D eigenvalue weighted by Crippen LogP contribution is 2.33. The molecule has 0 radical (unpaired) electrons. The molecule has 1 heterocycles. The van der Waals surface area contributed by atoms with Gasteiger partial charge in [-0.3, -0.25) is 4.79 Å². The Morgan fingerprint density at radius 1 is 1.22 bits per heavy atom. The van der Waals surface area contributed by atoms with Crippen molar-refractivity contribution in [1.82, 2.24) is 16.1 Å². The SMILES string of the molecule is C=CCOc1ccc(Br)cc1C=NNC(=O)COc1ccccc1[C@H]1NC(=S)NC(C)=C1C(=O)OCC. The molecule has 2 aromatic carbocycles. The first-order valence-corrected chi connectivity index (χ1v) is 12.6. The van der Waals surface area contributed by atoms with Gasteiger partial charge in [0.15, 0.2) is 11.7 Å². The van der Waals surface area contributed by atoms with Crippen LogP contribution >= 0.6 is 28.1 Å². The number of halogens is 1. The number of rotatable bonds is 11. The predicted octanol–water partition coefficient (Wildman–Crippen LogP) is 3.90. The summed E-state index contributed by atoms with van der Waals surface area (Å²) in [6.07, 6.45) is 3.12. The Kier molecular flexibility index (Phi) is 10.2. The average Bonchev–Trinajstić information content (AvgIpc) is 2.87. The first kappa shape index (κ1) is 27.9. The molecule has 0 bridgehead atoms. The molecule has 11 heteroatoms. The van der Waals surface area contributed by atoms with E-state index < -0.39 is 17.9 Å². The highest BCUT2D eigenvalue weighted by Gasteiger charge is 2.32. The van der Waals surface area contributed by atoms with Gasteiger partial charge in [-0.1, -0.05) is 46.8 Å². The summed E-state index contributed by atoms with van der Waals surface area (Å²) < 4.78 is 17.5. The normalized spacial score (nSPS) is 15.0. The number of nitrogens with one attached hydrogen (secondary N) is 3. The maximum atomic E-state index is 12.7. The summed E-state index contributed by atoms with van der Waals surface area (Å²) in [5.74, 6) is 0.0593. The van der Waals surface area contributed by atoms with Crippen LogP contribution in [0.15, 0.2) is 76.0 Å². The number of amides is 1. The Bertz CT molecular complexity index is 1250. The largest absolute Gasteiger partial charge is 0.489 e. The number of thiocarbonyl (C=S) groups is 1. The third kappa shape index (κ3) is 7.64. The number of para-hydroxylation sites is 1. The lowest BCUT2D eigenvalue weighted by Gasteiger charge is -2.30. The maximum absolute atomic E-state index is 12.7. The maximum Gasteiger partial charge on any atom is 0.338 e. The van der Waals surface area contributed by atoms with E-state index >= 15 is 0 Å². The first-order chi connectivity index (χ1) is 17.8. The molecule has 3 rings (SSSR count). The van der Waals surface area contributed by atoms with E-state index in [2.05, 4.69) is 43.7 Å². The number of ether oxygens (including phenoxy) is 3. The third-order valence-electron chi connectivity index (χ3n) is 5.07. The van der Waals surface area contributed by atoms with Crippen LogP contribution in [0.1, 0.15) is 31.0 Å². The zero-order valence-corrected chi connectivity index (χ0v) is 22.8. The van der Waals surface area contributed by atoms with E-state index in [1.54, 1.807) is 50.3 Å². The first-order valence-electron chi connectivity index (χ1n) is 11.4. The van der Waals surface area contributed by atoms with Gasteiger partial charge in [0.2, 0.25) is 0 Å². The highest BCUT2D eigenvalue weighted by atomic mass is 79.9. The lowest BCUT2D eigenvalue weighted by molar-refractivity contribution is -0.139. The van der Waals surface area contributed by atoms with Gasteiger partial charge in [0.05, 0.1) is 24.4 Å². The van der Waals surface area contributed by atoms with Gasteiger partial charge >= 0.3 is 5.97 Å². The summed E-state index contributed by atoms with van der Waals surface area (Å²) in [6.45, 7) is 7.39. The van der Waals surface area contributed by atoms with Crippen LogP contribution in [-0.2, 0) is 14.3 Å². The molecule has 1 atom stereocenters. The van der Waals surface area contributed by atoms with Crippen molar-refractivity contribution in [1.29, 1.82) is 0 Å².